The monoisotopic (exact) mass is 431 g/mol. The lowest BCUT2D eigenvalue weighted by Crippen LogP contribution is -2.46. The van der Waals surface area contributed by atoms with Crippen molar-refractivity contribution < 1.29 is 24.2 Å². The summed E-state index contributed by atoms with van der Waals surface area (Å²) >= 11 is 0. The minimum absolute atomic E-state index is 0.320. The van der Waals surface area contributed by atoms with Crippen LogP contribution in [0.2, 0.25) is 0 Å². The van der Waals surface area contributed by atoms with Gasteiger partial charge in [-0.1, -0.05) is 78.9 Å². The molecule has 0 aliphatic carbocycles. The van der Waals surface area contributed by atoms with E-state index < -0.39 is 36.0 Å². The summed E-state index contributed by atoms with van der Waals surface area (Å²) in [6.45, 7) is 3.60. The third kappa shape index (κ3) is 4.22. The van der Waals surface area contributed by atoms with Crippen molar-refractivity contribution in [1.82, 2.24) is 4.90 Å². The van der Waals surface area contributed by atoms with Crippen molar-refractivity contribution >= 4 is 12.1 Å². The molecule has 1 aliphatic heterocycles. The number of cyclic esters (lactones) is 1. The van der Waals surface area contributed by atoms with Crippen molar-refractivity contribution in [2.75, 3.05) is 0 Å². The highest BCUT2D eigenvalue weighted by Gasteiger charge is 2.53. The second kappa shape index (κ2) is 8.85. The fraction of sp³-hybridized carbons (Fsp3) is 0.231. The first-order chi connectivity index (χ1) is 15.4. The Morgan fingerprint density at radius 1 is 0.938 bits per heavy atom. The molecule has 1 N–H and O–H groups in total. The number of esters is 1. The van der Waals surface area contributed by atoms with Gasteiger partial charge < -0.3 is 14.6 Å². The molecule has 3 atom stereocenters. The van der Waals surface area contributed by atoms with Crippen LogP contribution in [0.1, 0.15) is 47.5 Å². The summed E-state index contributed by atoms with van der Waals surface area (Å²) in [5.74, 6) is -0.644. The molecule has 0 radical (unpaired) electrons. The van der Waals surface area contributed by atoms with Crippen molar-refractivity contribution in [2.45, 2.75) is 37.8 Å². The van der Waals surface area contributed by atoms with Crippen LogP contribution in [-0.4, -0.2) is 33.9 Å². The molecule has 1 fully saturated rings. The number of amides is 1. The fourth-order valence-corrected chi connectivity index (χ4v) is 4.06. The van der Waals surface area contributed by atoms with Crippen LogP contribution >= 0.6 is 0 Å². The molecule has 0 saturated carbocycles. The molecule has 1 aliphatic rings. The Hall–Kier alpha value is -3.64. The molecule has 1 saturated heterocycles. The fourth-order valence-electron chi connectivity index (χ4n) is 4.06. The molecular weight excluding hydrogens is 406 g/mol. The maximum Gasteiger partial charge on any atom is 0.414 e. The molecule has 0 spiro atoms. The van der Waals surface area contributed by atoms with Crippen LogP contribution in [0.15, 0.2) is 91.0 Å². The first-order valence-electron chi connectivity index (χ1n) is 10.4. The largest absolute Gasteiger partial charge is 0.441 e. The smallest absolute Gasteiger partial charge is 0.414 e. The summed E-state index contributed by atoms with van der Waals surface area (Å²) in [5, 5.41) is 11.3. The number of aliphatic hydroxyl groups is 1. The zero-order valence-corrected chi connectivity index (χ0v) is 17.9. The van der Waals surface area contributed by atoms with Gasteiger partial charge in [0.25, 0.3) is 0 Å². The third-order valence-electron chi connectivity index (χ3n) is 5.54. The highest BCUT2D eigenvalue weighted by atomic mass is 16.6. The van der Waals surface area contributed by atoms with E-state index in [1.807, 2.05) is 36.4 Å². The Labute approximate surface area is 187 Å². The van der Waals surface area contributed by atoms with Gasteiger partial charge in [-0.05, 0) is 37.1 Å². The number of benzene rings is 3. The summed E-state index contributed by atoms with van der Waals surface area (Å²) in [5.41, 5.74) is 0.736. The van der Waals surface area contributed by atoms with Crippen LogP contribution in [0.3, 0.4) is 0 Å². The predicted molar refractivity (Wildman–Crippen MR) is 119 cm³/mol. The number of hydrogen-bond acceptors (Lipinski definition) is 5. The van der Waals surface area contributed by atoms with E-state index in [1.165, 1.54) is 4.90 Å². The van der Waals surface area contributed by atoms with Crippen LogP contribution in [-0.2, 0) is 9.47 Å². The number of carbonyl (C=O) groups excluding carboxylic acids is 2. The highest BCUT2D eigenvalue weighted by molar-refractivity contribution is 5.89. The molecule has 0 unspecified atom stereocenters. The average Bonchev–Trinajstić information content (AvgIpc) is 3.06. The predicted octanol–water partition coefficient (Wildman–Crippen LogP) is 4.88. The standard InChI is InChI=1S/C26H25NO5/c1-26(2)22(19-14-8-4-9-15-19)27(25(30)32-26)23(21(28)18-12-6-3-7-13-18)31-24(29)20-16-10-5-11-17-20/h3-17,21-23,28H,1-2H3/t21-,22-,23-/m0/s1. The molecule has 3 aromatic rings. The first-order valence-corrected chi connectivity index (χ1v) is 10.4. The van der Waals surface area contributed by atoms with Gasteiger partial charge in [-0.3, -0.25) is 4.90 Å². The van der Waals surface area contributed by atoms with Gasteiger partial charge in [-0.15, -0.1) is 0 Å². The third-order valence-corrected chi connectivity index (χ3v) is 5.54. The number of nitrogens with zero attached hydrogens (tertiary/aromatic N) is 1. The summed E-state index contributed by atoms with van der Waals surface area (Å²) in [4.78, 5) is 27.3. The van der Waals surface area contributed by atoms with Gasteiger partial charge in [0.15, 0.2) is 0 Å². The van der Waals surface area contributed by atoms with Gasteiger partial charge in [0, 0.05) is 0 Å². The van der Waals surface area contributed by atoms with E-state index in [1.54, 1.807) is 68.4 Å². The first kappa shape index (κ1) is 21.6. The van der Waals surface area contributed by atoms with E-state index in [-0.39, 0.29) is 0 Å². The molecule has 6 nitrogen and oxygen atoms in total. The summed E-state index contributed by atoms with van der Waals surface area (Å²) in [7, 11) is 0. The lowest BCUT2D eigenvalue weighted by atomic mass is 9.91. The molecule has 0 bridgehead atoms. The molecule has 32 heavy (non-hydrogen) atoms. The van der Waals surface area contributed by atoms with Gasteiger partial charge in [0.2, 0.25) is 6.23 Å². The van der Waals surface area contributed by atoms with Crippen molar-refractivity contribution in [2.24, 2.45) is 0 Å². The SMILES string of the molecule is CC1(C)OC(=O)N([C@@H](OC(=O)c2ccccc2)[C@@H](O)c2ccccc2)[C@H]1c1ccccc1. The molecule has 6 heteroatoms. The normalized spacial score (nSPS) is 19.2. The Bertz CT molecular complexity index is 1070. The molecule has 4 rings (SSSR count). The zero-order chi connectivity index (χ0) is 22.7. The van der Waals surface area contributed by atoms with Crippen LogP contribution < -0.4 is 0 Å². The Kier molecular flexibility index (Phi) is 5.97. The van der Waals surface area contributed by atoms with E-state index in [0.29, 0.717) is 11.1 Å². The summed E-state index contributed by atoms with van der Waals surface area (Å²) < 4.78 is 11.5. The van der Waals surface area contributed by atoms with Gasteiger partial charge in [-0.25, -0.2) is 9.59 Å². The number of hydrogen-bond donors (Lipinski definition) is 1. The maximum atomic E-state index is 13.1. The van der Waals surface area contributed by atoms with E-state index in [9.17, 15) is 14.7 Å². The Balaban J connectivity index is 1.77. The molecular formula is C26H25NO5. The topological polar surface area (TPSA) is 76.1 Å². The van der Waals surface area contributed by atoms with E-state index in [2.05, 4.69) is 0 Å². The summed E-state index contributed by atoms with van der Waals surface area (Å²) in [6.07, 6.45) is -3.24. The van der Waals surface area contributed by atoms with Gasteiger partial charge in [0.05, 0.1) is 5.56 Å². The van der Waals surface area contributed by atoms with Gasteiger partial charge in [-0.2, -0.15) is 0 Å². The summed E-state index contributed by atoms with van der Waals surface area (Å²) in [6, 6.07) is 26.1. The zero-order valence-electron chi connectivity index (χ0n) is 17.9. The second-order valence-electron chi connectivity index (χ2n) is 8.21. The maximum absolute atomic E-state index is 13.1. The number of rotatable bonds is 6. The number of aliphatic hydroxyl groups excluding tert-OH is 1. The molecule has 3 aromatic carbocycles. The molecule has 1 amide bonds. The van der Waals surface area contributed by atoms with Crippen LogP contribution in [0, 0.1) is 0 Å². The Morgan fingerprint density at radius 2 is 1.47 bits per heavy atom. The van der Waals surface area contributed by atoms with Crippen LogP contribution in [0.4, 0.5) is 4.79 Å². The van der Waals surface area contributed by atoms with Gasteiger partial charge in [0.1, 0.15) is 17.7 Å². The Morgan fingerprint density at radius 3 is 2.06 bits per heavy atom. The average molecular weight is 431 g/mol. The van der Waals surface area contributed by atoms with Crippen molar-refractivity contribution in [1.29, 1.82) is 0 Å². The minimum atomic E-state index is -1.30. The van der Waals surface area contributed by atoms with E-state index in [0.717, 1.165) is 5.56 Å². The van der Waals surface area contributed by atoms with Crippen molar-refractivity contribution in [3.05, 3.63) is 108 Å². The second-order valence-corrected chi connectivity index (χ2v) is 8.21. The molecule has 1 heterocycles. The van der Waals surface area contributed by atoms with Crippen LogP contribution in [0.25, 0.3) is 0 Å². The van der Waals surface area contributed by atoms with E-state index in [4.69, 9.17) is 9.47 Å². The van der Waals surface area contributed by atoms with Crippen LogP contribution in [0.5, 0.6) is 0 Å². The van der Waals surface area contributed by atoms with Gasteiger partial charge >= 0.3 is 12.1 Å². The minimum Gasteiger partial charge on any atom is -0.441 e. The lowest BCUT2D eigenvalue weighted by molar-refractivity contribution is -0.0897. The molecule has 0 aromatic heterocycles. The van der Waals surface area contributed by atoms with Crippen molar-refractivity contribution in [3.8, 4) is 0 Å². The quantitative estimate of drug-likeness (QED) is 0.563. The molecule has 164 valence electrons. The van der Waals surface area contributed by atoms with E-state index >= 15 is 0 Å². The number of ether oxygens (including phenoxy) is 2. The lowest BCUT2D eigenvalue weighted by Gasteiger charge is -2.36. The highest BCUT2D eigenvalue weighted by Crippen LogP contribution is 2.44. The number of carbonyl (C=O) groups is 2. The van der Waals surface area contributed by atoms with Crippen molar-refractivity contribution in [3.63, 3.8) is 0 Å².